The van der Waals surface area contributed by atoms with Gasteiger partial charge in [-0.3, -0.25) is 19.6 Å². The average molecular weight is 466 g/mol. The summed E-state index contributed by atoms with van der Waals surface area (Å²) in [4.78, 5) is 38.0. The molecule has 0 bridgehead atoms. The van der Waals surface area contributed by atoms with E-state index in [1.165, 1.54) is 5.56 Å². The molecule has 1 fully saturated rings. The van der Waals surface area contributed by atoms with Gasteiger partial charge in [-0.25, -0.2) is 0 Å². The minimum absolute atomic E-state index is 0.0668. The van der Waals surface area contributed by atoms with Crippen LogP contribution in [-0.2, 0) is 15.0 Å². The topological polar surface area (TPSA) is 62.6 Å². The lowest BCUT2D eigenvalue weighted by atomic mass is 9.72. The van der Waals surface area contributed by atoms with E-state index in [-0.39, 0.29) is 23.0 Å². The highest BCUT2D eigenvalue weighted by molar-refractivity contribution is 6.13. The normalized spacial score (nSPS) is 22.1. The van der Waals surface area contributed by atoms with Gasteiger partial charge in [-0.15, -0.1) is 0 Å². The quantitative estimate of drug-likeness (QED) is 0.445. The van der Waals surface area contributed by atoms with E-state index in [1.54, 1.807) is 24.2 Å². The molecule has 35 heavy (non-hydrogen) atoms. The molecule has 1 aliphatic carbocycles. The predicted molar refractivity (Wildman–Crippen MR) is 139 cm³/mol. The van der Waals surface area contributed by atoms with Crippen molar-refractivity contribution in [3.63, 3.8) is 0 Å². The maximum Gasteiger partial charge on any atom is 0.224 e. The Balaban J connectivity index is 1.60. The van der Waals surface area contributed by atoms with Crippen LogP contribution in [0.1, 0.15) is 69.2 Å². The summed E-state index contributed by atoms with van der Waals surface area (Å²) in [5.41, 5.74) is 5.66. The van der Waals surface area contributed by atoms with E-state index in [9.17, 15) is 9.59 Å². The number of ketones is 1. The molecular formula is C30H31N3O2. The minimum Gasteiger partial charge on any atom is -0.302 e. The summed E-state index contributed by atoms with van der Waals surface area (Å²) >= 11 is 0. The number of hydrogen-bond donors (Lipinski definition) is 0. The van der Waals surface area contributed by atoms with Crippen molar-refractivity contribution in [1.82, 2.24) is 4.98 Å². The number of hydrogen-bond acceptors (Lipinski definition) is 4. The van der Waals surface area contributed by atoms with Gasteiger partial charge in [0.1, 0.15) is 5.78 Å². The molecule has 0 saturated heterocycles. The Hall–Kier alpha value is -3.60. The van der Waals surface area contributed by atoms with Gasteiger partial charge in [0.05, 0.1) is 23.3 Å². The molecule has 5 heteroatoms. The van der Waals surface area contributed by atoms with E-state index in [4.69, 9.17) is 4.99 Å². The van der Waals surface area contributed by atoms with Crippen molar-refractivity contribution in [3.05, 3.63) is 89.7 Å². The van der Waals surface area contributed by atoms with Crippen molar-refractivity contribution in [2.24, 2.45) is 10.9 Å². The summed E-state index contributed by atoms with van der Waals surface area (Å²) < 4.78 is 0. The second kappa shape index (κ2) is 8.88. The zero-order valence-corrected chi connectivity index (χ0v) is 20.7. The number of benzene rings is 2. The zero-order valence-electron chi connectivity index (χ0n) is 20.7. The van der Waals surface area contributed by atoms with Gasteiger partial charge in [-0.05, 0) is 52.6 Å². The van der Waals surface area contributed by atoms with E-state index >= 15 is 0 Å². The van der Waals surface area contributed by atoms with E-state index in [0.717, 1.165) is 28.2 Å². The van der Waals surface area contributed by atoms with Crippen molar-refractivity contribution in [1.29, 1.82) is 0 Å². The van der Waals surface area contributed by atoms with Gasteiger partial charge >= 0.3 is 0 Å². The highest BCUT2D eigenvalue weighted by Gasteiger charge is 2.45. The Labute approximate surface area is 206 Å². The monoisotopic (exact) mass is 465 g/mol. The maximum absolute atomic E-state index is 13.9. The lowest BCUT2D eigenvalue weighted by Crippen LogP contribution is -2.45. The molecule has 1 saturated carbocycles. The Kier molecular flexibility index (Phi) is 5.87. The number of Topliss-reactive ketones (excluding diaryl/α,β-unsaturated/α-hetero) is 1. The molecule has 2 heterocycles. The van der Waals surface area contributed by atoms with Crippen LogP contribution in [-0.4, -0.2) is 22.4 Å². The first-order valence-electron chi connectivity index (χ1n) is 12.2. The highest BCUT2D eigenvalue weighted by Crippen LogP contribution is 2.47. The second-order valence-electron chi connectivity index (χ2n) is 10.6. The molecule has 2 aromatic carbocycles. The number of aromatic nitrogens is 1. The average Bonchev–Trinajstić information content (AvgIpc) is 2.99. The second-order valence-corrected chi connectivity index (χ2v) is 10.6. The highest BCUT2D eigenvalue weighted by atomic mass is 16.2. The van der Waals surface area contributed by atoms with Crippen LogP contribution in [0.5, 0.6) is 0 Å². The summed E-state index contributed by atoms with van der Waals surface area (Å²) in [6, 6.07) is 19.7. The summed E-state index contributed by atoms with van der Waals surface area (Å²) in [6.45, 7) is 8.16. The molecule has 0 spiro atoms. The van der Waals surface area contributed by atoms with Gasteiger partial charge in [0, 0.05) is 31.4 Å². The third-order valence-corrected chi connectivity index (χ3v) is 7.22. The molecule has 1 unspecified atom stereocenters. The fourth-order valence-corrected chi connectivity index (χ4v) is 5.45. The standard InChI is InChI=1S/C30H31N3O2/c1-19(34)33-26-10-6-5-9-24(26)32-25-16-22(20-11-13-23(14-12-20)30(2,3)4)17-27(35)28(25)29(33)21-8-7-15-31-18-21/h5-15,18,22,28-29H,16-17H2,1-4H3/t22-,28?,29+/m0/s1. The zero-order chi connectivity index (χ0) is 24.7. The number of nitrogens with zero attached hydrogens (tertiary/aromatic N) is 3. The molecule has 0 radical (unpaired) electrons. The smallest absolute Gasteiger partial charge is 0.224 e. The van der Waals surface area contributed by atoms with Crippen LogP contribution in [0.3, 0.4) is 0 Å². The first-order chi connectivity index (χ1) is 16.7. The molecule has 1 aromatic heterocycles. The molecule has 3 atom stereocenters. The van der Waals surface area contributed by atoms with Crippen LogP contribution < -0.4 is 4.90 Å². The number of anilines is 1. The van der Waals surface area contributed by atoms with E-state index in [0.29, 0.717) is 12.8 Å². The fraction of sp³-hybridized carbons (Fsp3) is 0.333. The molecule has 2 aliphatic rings. The van der Waals surface area contributed by atoms with Crippen LogP contribution in [0.25, 0.3) is 0 Å². The van der Waals surface area contributed by atoms with Crippen LogP contribution in [0.4, 0.5) is 11.4 Å². The molecule has 5 nitrogen and oxygen atoms in total. The number of pyridine rings is 1. The third kappa shape index (κ3) is 4.31. The molecule has 1 amide bonds. The molecule has 1 aliphatic heterocycles. The molecule has 178 valence electrons. The number of aliphatic imine (C=N–C) groups is 1. The van der Waals surface area contributed by atoms with Crippen LogP contribution in [0.2, 0.25) is 0 Å². The molecule has 0 N–H and O–H groups in total. The van der Waals surface area contributed by atoms with Crippen molar-refractivity contribution < 1.29 is 9.59 Å². The van der Waals surface area contributed by atoms with Gasteiger partial charge in [-0.1, -0.05) is 63.2 Å². The lowest BCUT2D eigenvalue weighted by molar-refractivity contribution is -0.123. The fourth-order valence-electron chi connectivity index (χ4n) is 5.45. The molecule has 3 aromatic rings. The number of fused-ring (bicyclic) bond motifs is 2. The number of rotatable bonds is 2. The largest absolute Gasteiger partial charge is 0.302 e. The van der Waals surface area contributed by atoms with Crippen LogP contribution in [0.15, 0.2) is 78.0 Å². The van der Waals surface area contributed by atoms with Gasteiger partial charge in [0.15, 0.2) is 0 Å². The van der Waals surface area contributed by atoms with Gasteiger partial charge in [-0.2, -0.15) is 0 Å². The third-order valence-electron chi connectivity index (χ3n) is 7.22. The first-order valence-corrected chi connectivity index (χ1v) is 12.2. The molecule has 5 rings (SSSR count). The Morgan fingerprint density at radius 2 is 1.69 bits per heavy atom. The Bertz CT molecular complexity index is 1290. The minimum atomic E-state index is -0.499. The van der Waals surface area contributed by atoms with Crippen LogP contribution in [0, 0.1) is 5.92 Å². The number of para-hydroxylation sites is 2. The van der Waals surface area contributed by atoms with E-state index in [2.05, 4.69) is 50.0 Å². The van der Waals surface area contributed by atoms with Gasteiger partial charge < -0.3 is 4.90 Å². The van der Waals surface area contributed by atoms with Crippen molar-refractivity contribution in [3.8, 4) is 0 Å². The first kappa shape index (κ1) is 23.2. The van der Waals surface area contributed by atoms with E-state index in [1.807, 2.05) is 36.4 Å². The lowest BCUT2D eigenvalue weighted by Gasteiger charge is -2.38. The SMILES string of the molecule is CC(=O)N1c2ccccc2N=C2C[C@H](c3ccc(C(C)(C)C)cc3)CC(=O)C2[C@H]1c1cccnc1. The predicted octanol–water partition coefficient (Wildman–Crippen LogP) is 6.32. The summed E-state index contributed by atoms with van der Waals surface area (Å²) in [5.74, 6) is -0.430. The maximum atomic E-state index is 13.9. The van der Waals surface area contributed by atoms with Gasteiger partial charge in [0.25, 0.3) is 0 Å². The van der Waals surface area contributed by atoms with E-state index < -0.39 is 12.0 Å². The summed E-state index contributed by atoms with van der Waals surface area (Å²) in [6.07, 6.45) is 4.58. The van der Waals surface area contributed by atoms with Crippen molar-refractivity contribution >= 4 is 28.8 Å². The van der Waals surface area contributed by atoms with Crippen LogP contribution >= 0.6 is 0 Å². The van der Waals surface area contributed by atoms with Crippen molar-refractivity contribution in [2.75, 3.05) is 4.90 Å². The number of carbonyl (C=O) groups excluding carboxylic acids is 2. The Morgan fingerprint density at radius 1 is 0.943 bits per heavy atom. The van der Waals surface area contributed by atoms with Crippen molar-refractivity contribution in [2.45, 2.75) is 57.9 Å². The summed E-state index contributed by atoms with van der Waals surface area (Å²) in [5, 5.41) is 0. The Morgan fingerprint density at radius 3 is 2.34 bits per heavy atom. The molecular weight excluding hydrogens is 434 g/mol. The van der Waals surface area contributed by atoms with Gasteiger partial charge in [0.2, 0.25) is 5.91 Å². The summed E-state index contributed by atoms with van der Waals surface area (Å²) in [7, 11) is 0. The number of amides is 1. The number of carbonyl (C=O) groups is 2.